The fourth-order valence-electron chi connectivity index (χ4n) is 1.30. The van der Waals surface area contributed by atoms with Crippen molar-refractivity contribution in [2.45, 2.75) is 17.1 Å². The summed E-state index contributed by atoms with van der Waals surface area (Å²) < 4.78 is 0. The van der Waals surface area contributed by atoms with E-state index in [4.69, 9.17) is 0 Å². The van der Waals surface area contributed by atoms with Crippen molar-refractivity contribution in [2.24, 2.45) is 0 Å². The van der Waals surface area contributed by atoms with Crippen LogP contribution in [0, 0.1) is 17.0 Å². The molecule has 0 amide bonds. The van der Waals surface area contributed by atoms with Gasteiger partial charge in [-0.25, -0.2) is 19.9 Å². The second-order valence-electron chi connectivity index (χ2n) is 3.53. The van der Waals surface area contributed by atoms with E-state index in [-0.39, 0.29) is 16.5 Å². The van der Waals surface area contributed by atoms with E-state index in [1.165, 1.54) is 6.33 Å². The Balaban J connectivity index is 2.39. The van der Waals surface area contributed by atoms with Gasteiger partial charge in [-0.1, -0.05) is 0 Å². The highest BCUT2D eigenvalue weighted by atomic mass is 32.2. The van der Waals surface area contributed by atoms with Crippen molar-refractivity contribution in [3.8, 4) is 0 Å². The smallest absolute Gasteiger partial charge is 0.343 e. The lowest BCUT2D eigenvalue weighted by atomic mass is 10.4. The predicted octanol–water partition coefficient (Wildman–Crippen LogP) is 1.68. The molecule has 98 valence electrons. The second kappa shape index (κ2) is 5.57. The molecule has 0 unspecified atom stereocenters. The predicted molar refractivity (Wildman–Crippen MR) is 69.1 cm³/mol. The fourth-order valence-corrected chi connectivity index (χ4v) is 2.06. The lowest BCUT2D eigenvalue weighted by Gasteiger charge is -2.04. The third kappa shape index (κ3) is 2.94. The number of nitrogens with one attached hydrogen (secondary N) is 1. The Morgan fingerprint density at radius 3 is 2.53 bits per heavy atom. The number of aromatic nitrogens is 4. The molecule has 2 heterocycles. The Kier molecular flexibility index (Phi) is 3.85. The van der Waals surface area contributed by atoms with E-state index in [0.717, 1.165) is 17.3 Å². The summed E-state index contributed by atoms with van der Waals surface area (Å²) in [4.78, 5) is 26.4. The van der Waals surface area contributed by atoms with Gasteiger partial charge in [0, 0.05) is 19.4 Å². The van der Waals surface area contributed by atoms with Gasteiger partial charge in [0.15, 0.2) is 10.2 Å². The summed E-state index contributed by atoms with van der Waals surface area (Å²) >= 11 is 1.03. The van der Waals surface area contributed by atoms with Crippen LogP contribution < -0.4 is 5.32 Å². The van der Waals surface area contributed by atoms with Crippen LogP contribution in [-0.4, -0.2) is 31.9 Å². The van der Waals surface area contributed by atoms with Crippen LogP contribution in [0.2, 0.25) is 0 Å². The van der Waals surface area contributed by atoms with Gasteiger partial charge in [-0.05, 0) is 24.2 Å². The normalized spacial score (nSPS) is 10.2. The zero-order valence-corrected chi connectivity index (χ0v) is 11.0. The van der Waals surface area contributed by atoms with Crippen LogP contribution in [0.5, 0.6) is 0 Å². The first-order valence-electron chi connectivity index (χ1n) is 5.25. The summed E-state index contributed by atoms with van der Waals surface area (Å²) in [6, 6.07) is 0. The Bertz CT molecular complexity index is 603. The molecule has 0 radical (unpaired) electrons. The van der Waals surface area contributed by atoms with E-state index in [9.17, 15) is 10.1 Å². The van der Waals surface area contributed by atoms with Crippen LogP contribution in [0.3, 0.4) is 0 Å². The molecule has 0 fully saturated rings. The van der Waals surface area contributed by atoms with Crippen molar-refractivity contribution in [1.82, 2.24) is 19.9 Å². The molecule has 2 rings (SSSR count). The van der Waals surface area contributed by atoms with E-state index < -0.39 is 4.92 Å². The van der Waals surface area contributed by atoms with Crippen molar-refractivity contribution in [2.75, 3.05) is 12.4 Å². The number of rotatable bonds is 4. The van der Waals surface area contributed by atoms with Crippen LogP contribution in [0.15, 0.2) is 28.9 Å². The largest absolute Gasteiger partial charge is 0.367 e. The number of aryl methyl sites for hydroxylation is 1. The first-order valence-corrected chi connectivity index (χ1v) is 6.07. The lowest BCUT2D eigenvalue weighted by Crippen LogP contribution is -2.02. The second-order valence-corrected chi connectivity index (χ2v) is 4.48. The third-order valence-corrected chi connectivity index (χ3v) is 3.04. The average Bonchev–Trinajstić information content (AvgIpc) is 2.40. The van der Waals surface area contributed by atoms with Gasteiger partial charge in [-0.15, -0.1) is 0 Å². The average molecular weight is 278 g/mol. The first-order chi connectivity index (χ1) is 9.11. The van der Waals surface area contributed by atoms with E-state index in [1.54, 1.807) is 19.4 Å². The Morgan fingerprint density at radius 1 is 1.26 bits per heavy atom. The molecule has 0 saturated heterocycles. The molecular formula is C10H10N6O2S. The maximum absolute atomic E-state index is 11.1. The van der Waals surface area contributed by atoms with E-state index >= 15 is 0 Å². The zero-order chi connectivity index (χ0) is 13.8. The van der Waals surface area contributed by atoms with Crippen molar-refractivity contribution in [1.29, 1.82) is 0 Å². The quantitative estimate of drug-likeness (QED) is 0.389. The van der Waals surface area contributed by atoms with Gasteiger partial charge in [0.2, 0.25) is 5.82 Å². The van der Waals surface area contributed by atoms with Crippen molar-refractivity contribution in [3.05, 3.63) is 34.4 Å². The van der Waals surface area contributed by atoms with Crippen LogP contribution in [0.25, 0.3) is 0 Å². The Morgan fingerprint density at radius 2 is 1.95 bits per heavy atom. The Hall–Kier alpha value is -2.29. The highest BCUT2D eigenvalue weighted by Crippen LogP contribution is 2.34. The molecule has 0 aliphatic carbocycles. The molecule has 8 nitrogen and oxygen atoms in total. The van der Waals surface area contributed by atoms with Gasteiger partial charge < -0.3 is 5.32 Å². The van der Waals surface area contributed by atoms with E-state index in [1.807, 2.05) is 6.92 Å². The molecule has 0 atom stereocenters. The molecule has 0 aliphatic heterocycles. The summed E-state index contributed by atoms with van der Waals surface area (Å²) in [5.74, 6) is 0.162. The maximum atomic E-state index is 11.1. The molecule has 0 saturated carbocycles. The van der Waals surface area contributed by atoms with Gasteiger partial charge >= 0.3 is 5.69 Å². The summed E-state index contributed by atoms with van der Waals surface area (Å²) in [5, 5.41) is 14.3. The SMILES string of the molecule is CNc1ncnc(Sc2ncc(C)cn2)c1[N+](=O)[O-]. The molecule has 1 N–H and O–H groups in total. The number of nitrogens with zero attached hydrogens (tertiary/aromatic N) is 5. The molecule has 0 aromatic carbocycles. The number of nitro groups is 1. The van der Waals surface area contributed by atoms with Gasteiger partial charge in [-0.2, -0.15) is 0 Å². The molecule has 19 heavy (non-hydrogen) atoms. The molecule has 0 aliphatic rings. The third-order valence-electron chi connectivity index (χ3n) is 2.15. The lowest BCUT2D eigenvalue weighted by molar-refractivity contribution is -0.387. The van der Waals surface area contributed by atoms with Crippen molar-refractivity contribution < 1.29 is 4.92 Å². The summed E-state index contributed by atoms with van der Waals surface area (Å²) in [5.41, 5.74) is 0.733. The fraction of sp³-hybridized carbons (Fsp3) is 0.200. The van der Waals surface area contributed by atoms with Crippen LogP contribution in [0.1, 0.15) is 5.56 Å². The van der Waals surface area contributed by atoms with E-state index in [0.29, 0.717) is 5.16 Å². The van der Waals surface area contributed by atoms with Crippen molar-refractivity contribution >= 4 is 23.3 Å². The standard InChI is InChI=1S/C10H10N6O2S/c1-6-3-12-10(13-4-6)19-9-7(16(17)18)8(11-2)14-5-15-9/h3-5H,1-2H3,(H,11,14,15). The minimum atomic E-state index is -0.525. The van der Waals surface area contributed by atoms with Gasteiger partial charge in [-0.3, -0.25) is 10.1 Å². The highest BCUT2D eigenvalue weighted by molar-refractivity contribution is 7.99. The zero-order valence-electron chi connectivity index (χ0n) is 10.2. The molecule has 2 aromatic rings. The van der Waals surface area contributed by atoms with Crippen LogP contribution >= 0.6 is 11.8 Å². The van der Waals surface area contributed by atoms with Crippen LogP contribution in [-0.2, 0) is 0 Å². The molecule has 0 spiro atoms. The summed E-state index contributed by atoms with van der Waals surface area (Å²) in [7, 11) is 1.56. The number of hydrogen-bond acceptors (Lipinski definition) is 8. The monoisotopic (exact) mass is 278 g/mol. The summed E-state index contributed by atoms with van der Waals surface area (Å²) in [6.45, 7) is 1.86. The van der Waals surface area contributed by atoms with Gasteiger partial charge in [0.1, 0.15) is 6.33 Å². The maximum Gasteiger partial charge on any atom is 0.343 e. The minimum absolute atomic E-state index is 0.162. The molecule has 9 heteroatoms. The van der Waals surface area contributed by atoms with Crippen molar-refractivity contribution in [3.63, 3.8) is 0 Å². The summed E-state index contributed by atoms with van der Waals surface area (Å²) in [6.07, 6.45) is 4.54. The number of anilines is 1. The Labute approximate surface area is 112 Å². The molecule has 2 aromatic heterocycles. The number of hydrogen-bond donors (Lipinski definition) is 1. The topological polar surface area (TPSA) is 107 Å². The highest BCUT2D eigenvalue weighted by Gasteiger charge is 2.23. The minimum Gasteiger partial charge on any atom is -0.367 e. The van der Waals surface area contributed by atoms with E-state index in [2.05, 4.69) is 25.3 Å². The molecule has 0 bridgehead atoms. The first kappa shape index (κ1) is 13.1. The van der Waals surface area contributed by atoms with Gasteiger partial charge in [0.25, 0.3) is 0 Å². The molecular weight excluding hydrogens is 268 g/mol. The van der Waals surface area contributed by atoms with Crippen LogP contribution in [0.4, 0.5) is 11.5 Å². The van der Waals surface area contributed by atoms with Gasteiger partial charge in [0.05, 0.1) is 4.92 Å².